The molecular formula is C20H22N7O2+. The lowest BCUT2D eigenvalue weighted by Crippen LogP contribution is -2.39. The van der Waals surface area contributed by atoms with E-state index in [-0.39, 0.29) is 5.91 Å². The number of nitrogens with one attached hydrogen (secondary N) is 2. The van der Waals surface area contributed by atoms with Crippen LogP contribution in [0.15, 0.2) is 47.2 Å². The van der Waals surface area contributed by atoms with E-state index in [1.807, 2.05) is 56.1 Å². The molecule has 9 nitrogen and oxygen atoms in total. The summed E-state index contributed by atoms with van der Waals surface area (Å²) in [5.41, 5.74) is 4.51. The molecule has 3 heterocycles. The van der Waals surface area contributed by atoms with Crippen LogP contribution < -0.4 is 15.2 Å². The van der Waals surface area contributed by atoms with Crippen LogP contribution in [0.5, 0.6) is 0 Å². The smallest absolute Gasteiger partial charge is 0.251 e. The highest BCUT2D eigenvalue weighted by Gasteiger charge is 2.17. The maximum atomic E-state index is 12.5. The molecule has 0 aliphatic heterocycles. The Bertz CT molecular complexity index is 1140. The fourth-order valence-corrected chi connectivity index (χ4v) is 3.18. The normalized spacial score (nSPS) is 11.0. The van der Waals surface area contributed by atoms with E-state index < -0.39 is 0 Å². The highest BCUT2D eigenvalue weighted by molar-refractivity contribution is 5.97. The monoisotopic (exact) mass is 392 g/mol. The van der Waals surface area contributed by atoms with E-state index >= 15 is 0 Å². The molecule has 29 heavy (non-hydrogen) atoms. The van der Waals surface area contributed by atoms with Crippen LogP contribution in [0, 0.1) is 13.8 Å². The minimum absolute atomic E-state index is 0.147. The third-order valence-corrected chi connectivity index (χ3v) is 4.75. The van der Waals surface area contributed by atoms with E-state index in [2.05, 4.69) is 26.1 Å². The molecule has 0 unspecified atom stereocenters. The van der Waals surface area contributed by atoms with E-state index in [9.17, 15) is 4.79 Å². The van der Waals surface area contributed by atoms with Crippen LogP contribution in [0.2, 0.25) is 0 Å². The van der Waals surface area contributed by atoms with Gasteiger partial charge < -0.3 is 15.2 Å². The molecule has 4 aromatic rings. The lowest BCUT2D eigenvalue weighted by Gasteiger charge is -2.05. The summed E-state index contributed by atoms with van der Waals surface area (Å²) < 4.78 is 8.91. The largest absolute Gasteiger partial charge is 0.388 e. The average molecular weight is 392 g/mol. The Hall–Kier alpha value is -3.75. The quantitative estimate of drug-likeness (QED) is 0.485. The highest BCUT2D eigenvalue weighted by atomic mass is 16.5. The van der Waals surface area contributed by atoms with E-state index in [4.69, 9.17) is 4.52 Å². The van der Waals surface area contributed by atoms with Crippen molar-refractivity contribution in [3.05, 3.63) is 59.7 Å². The first-order chi connectivity index (χ1) is 14.1. The number of rotatable bonds is 6. The predicted molar refractivity (Wildman–Crippen MR) is 107 cm³/mol. The number of carbonyl (C=O) groups is 1. The Labute approximate surface area is 167 Å². The Morgan fingerprint density at radius 1 is 1.21 bits per heavy atom. The number of anilines is 1. The molecule has 148 valence electrons. The van der Waals surface area contributed by atoms with Crippen molar-refractivity contribution in [2.75, 3.05) is 18.9 Å². The second-order valence-electron chi connectivity index (χ2n) is 6.71. The van der Waals surface area contributed by atoms with Crippen LogP contribution in [-0.4, -0.2) is 39.7 Å². The van der Waals surface area contributed by atoms with E-state index in [1.54, 1.807) is 16.8 Å². The number of benzene rings is 1. The molecule has 0 aliphatic rings. The molecule has 0 saturated heterocycles. The summed E-state index contributed by atoms with van der Waals surface area (Å²) in [5.74, 6) is 0.516. The van der Waals surface area contributed by atoms with Gasteiger partial charge in [-0.1, -0.05) is 10.4 Å². The molecule has 2 N–H and O–H groups in total. The Morgan fingerprint density at radius 2 is 2.00 bits per heavy atom. The summed E-state index contributed by atoms with van der Waals surface area (Å²) in [6.07, 6.45) is 3.94. The Balaban J connectivity index is 1.46. The van der Waals surface area contributed by atoms with Gasteiger partial charge in [0, 0.05) is 30.4 Å². The highest BCUT2D eigenvalue weighted by Crippen LogP contribution is 2.22. The predicted octanol–water partition coefficient (Wildman–Crippen LogP) is 1.78. The summed E-state index contributed by atoms with van der Waals surface area (Å²) in [5, 5.41) is 18.4. The van der Waals surface area contributed by atoms with E-state index in [1.165, 1.54) is 0 Å². The van der Waals surface area contributed by atoms with Gasteiger partial charge in [-0.3, -0.25) is 4.79 Å². The zero-order chi connectivity index (χ0) is 20.4. The van der Waals surface area contributed by atoms with Crippen LogP contribution in [0.4, 0.5) is 5.69 Å². The zero-order valence-corrected chi connectivity index (χ0v) is 16.5. The first kappa shape index (κ1) is 18.6. The maximum Gasteiger partial charge on any atom is 0.251 e. The molecule has 1 aromatic carbocycles. The molecule has 0 spiro atoms. The number of amides is 1. The lowest BCUT2D eigenvalue weighted by molar-refractivity contribution is -0.694. The van der Waals surface area contributed by atoms with Crippen LogP contribution >= 0.6 is 0 Å². The van der Waals surface area contributed by atoms with Crippen molar-refractivity contribution in [2.45, 2.75) is 20.4 Å². The number of aryl methyl sites for hydroxylation is 2. The summed E-state index contributed by atoms with van der Waals surface area (Å²) >= 11 is 0. The molecular weight excluding hydrogens is 370 g/mol. The zero-order valence-electron chi connectivity index (χ0n) is 16.5. The summed E-state index contributed by atoms with van der Waals surface area (Å²) in [6, 6.07) is 9.31. The molecule has 0 fully saturated rings. The van der Waals surface area contributed by atoms with Crippen molar-refractivity contribution < 1.29 is 13.9 Å². The van der Waals surface area contributed by atoms with E-state index in [0.717, 1.165) is 22.6 Å². The second kappa shape index (κ2) is 7.70. The second-order valence-corrected chi connectivity index (χ2v) is 6.71. The van der Waals surface area contributed by atoms with Gasteiger partial charge in [0.2, 0.25) is 0 Å². The van der Waals surface area contributed by atoms with Crippen LogP contribution in [-0.2, 0) is 6.54 Å². The van der Waals surface area contributed by atoms with Gasteiger partial charge in [-0.05, 0) is 32.0 Å². The topological polar surface area (TPSA) is 102 Å². The number of nitrogens with zero attached hydrogens (tertiary/aromatic N) is 5. The molecule has 4 rings (SSSR count). The van der Waals surface area contributed by atoms with Crippen molar-refractivity contribution in [3.63, 3.8) is 0 Å². The summed E-state index contributed by atoms with van der Waals surface area (Å²) in [7, 11) is 1.88. The molecule has 0 saturated carbocycles. The van der Waals surface area contributed by atoms with Crippen molar-refractivity contribution in [3.8, 4) is 5.69 Å². The minimum atomic E-state index is -0.147. The third-order valence-electron chi connectivity index (χ3n) is 4.75. The van der Waals surface area contributed by atoms with E-state index in [0.29, 0.717) is 29.9 Å². The van der Waals surface area contributed by atoms with Crippen molar-refractivity contribution >= 4 is 22.6 Å². The number of pyridine rings is 1. The first-order valence-electron chi connectivity index (χ1n) is 9.30. The maximum absolute atomic E-state index is 12.5. The van der Waals surface area contributed by atoms with Gasteiger partial charge in [-0.15, -0.1) is 5.10 Å². The SMILES string of the molecule is CNc1cc[n+](CCNC(=O)c2ccc3c(c2)nnn3-c2c(C)noc2C)cc1. The van der Waals surface area contributed by atoms with Crippen LogP contribution in [0.25, 0.3) is 16.7 Å². The van der Waals surface area contributed by atoms with Crippen LogP contribution in [0.1, 0.15) is 21.8 Å². The summed E-state index contributed by atoms with van der Waals surface area (Å²) in [4.78, 5) is 12.5. The molecule has 3 aromatic heterocycles. The van der Waals surface area contributed by atoms with Gasteiger partial charge in [0.25, 0.3) is 5.91 Å². The fourth-order valence-electron chi connectivity index (χ4n) is 3.18. The Morgan fingerprint density at radius 3 is 2.69 bits per heavy atom. The standard InChI is InChI=1S/C20H21N7O2/c1-13-19(14(2)29-24-13)27-18-5-4-15(12-17(18)23-25-27)20(28)22-8-11-26-9-6-16(21-3)7-10-26/h4-7,9-10,12H,8,11H2,1-3H3,(H,22,28)/p+1. The summed E-state index contributed by atoms with van der Waals surface area (Å²) in [6.45, 7) is 4.88. The van der Waals surface area contributed by atoms with Gasteiger partial charge in [0.05, 0.1) is 12.1 Å². The molecule has 0 aliphatic carbocycles. The fraction of sp³-hybridized carbons (Fsp3) is 0.250. The molecule has 0 radical (unpaired) electrons. The number of fused-ring (bicyclic) bond motifs is 1. The first-order valence-corrected chi connectivity index (χ1v) is 9.30. The number of hydrogen-bond donors (Lipinski definition) is 2. The van der Waals surface area contributed by atoms with Gasteiger partial charge in [-0.25, -0.2) is 9.25 Å². The van der Waals surface area contributed by atoms with Gasteiger partial charge in [0.1, 0.15) is 16.9 Å². The van der Waals surface area contributed by atoms with Gasteiger partial charge in [-0.2, -0.15) is 0 Å². The Kier molecular flexibility index (Phi) is 4.94. The van der Waals surface area contributed by atoms with Crippen molar-refractivity contribution in [1.82, 2.24) is 25.5 Å². The van der Waals surface area contributed by atoms with Crippen molar-refractivity contribution in [1.29, 1.82) is 0 Å². The van der Waals surface area contributed by atoms with Gasteiger partial charge >= 0.3 is 0 Å². The third kappa shape index (κ3) is 3.66. The number of hydrogen-bond acceptors (Lipinski definition) is 6. The van der Waals surface area contributed by atoms with Crippen LogP contribution in [0.3, 0.4) is 0 Å². The molecule has 1 amide bonds. The number of carbonyl (C=O) groups excluding carboxylic acids is 1. The minimum Gasteiger partial charge on any atom is -0.388 e. The van der Waals surface area contributed by atoms with Gasteiger partial charge in [0.15, 0.2) is 24.7 Å². The van der Waals surface area contributed by atoms with Crippen molar-refractivity contribution in [2.24, 2.45) is 0 Å². The average Bonchev–Trinajstić information content (AvgIpc) is 3.30. The lowest BCUT2D eigenvalue weighted by atomic mass is 10.2. The molecule has 0 bridgehead atoms. The molecule has 9 heteroatoms. The number of aromatic nitrogens is 5. The molecule has 0 atom stereocenters.